The minimum absolute atomic E-state index is 0.249. The maximum absolute atomic E-state index is 12.5. The van der Waals surface area contributed by atoms with Gasteiger partial charge in [0.2, 0.25) is 5.91 Å². The molecule has 3 nitrogen and oxygen atoms in total. The van der Waals surface area contributed by atoms with Crippen molar-refractivity contribution in [1.29, 1.82) is 0 Å². The number of hydrogen-bond acceptors (Lipinski definition) is 4. The fraction of sp³-hybridized carbons (Fsp3) is 0.500. The number of carbonyl (C=O) groups excluding carboxylic acids is 1. The summed E-state index contributed by atoms with van der Waals surface area (Å²) in [6.07, 6.45) is 3.49. The van der Waals surface area contributed by atoms with E-state index in [0.717, 1.165) is 22.7 Å². The van der Waals surface area contributed by atoms with E-state index >= 15 is 0 Å². The van der Waals surface area contributed by atoms with Gasteiger partial charge in [-0.25, -0.2) is 4.98 Å². The predicted octanol–water partition coefficient (Wildman–Crippen LogP) is 4.18. The molecule has 0 bridgehead atoms. The third-order valence-corrected chi connectivity index (χ3v) is 6.24. The number of fused-ring (bicyclic) bond motifs is 1. The number of para-hydroxylation sites is 1. The van der Waals surface area contributed by atoms with Crippen LogP contribution in [-0.2, 0) is 4.79 Å². The van der Waals surface area contributed by atoms with Crippen LogP contribution in [0.2, 0.25) is 0 Å². The topological polar surface area (TPSA) is 33.2 Å². The number of hydrogen-bond donors (Lipinski definition) is 0. The van der Waals surface area contributed by atoms with Crippen LogP contribution in [0.4, 0.5) is 0 Å². The monoisotopic (exact) mass is 320 g/mol. The summed E-state index contributed by atoms with van der Waals surface area (Å²) in [5.74, 6) is 0.744. The molecule has 2 aromatic rings. The van der Waals surface area contributed by atoms with Gasteiger partial charge in [0.1, 0.15) is 0 Å². The van der Waals surface area contributed by atoms with Gasteiger partial charge in [0, 0.05) is 12.1 Å². The molecule has 112 valence electrons. The summed E-state index contributed by atoms with van der Waals surface area (Å²) in [4.78, 5) is 19.1. The second-order valence-electron chi connectivity index (χ2n) is 5.67. The van der Waals surface area contributed by atoms with E-state index in [0.29, 0.717) is 17.8 Å². The van der Waals surface area contributed by atoms with E-state index in [4.69, 9.17) is 0 Å². The van der Waals surface area contributed by atoms with Crippen LogP contribution in [0.1, 0.15) is 33.1 Å². The van der Waals surface area contributed by atoms with Crippen LogP contribution in [0.5, 0.6) is 0 Å². The standard InChI is InChI=1S/C16H20N2OS2/c1-11-6-5-7-12(2)18(11)15(19)10-20-16-17-13-8-3-4-9-14(13)21-16/h3-4,8-9,11-12H,5-7,10H2,1-2H3/t11-,12-/m0/s1. The van der Waals surface area contributed by atoms with Crippen LogP contribution < -0.4 is 0 Å². The van der Waals surface area contributed by atoms with Crippen molar-refractivity contribution in [3.8, 4) is 0 Å². The van der Waals surface area contributed by atoms with E-state index < -0.39 is 0 Å². The van der Waals surface area contributed by atoms with Gasteiger partial charge in [-0.2, -0.15) is 0 Å². The van der Waals surface area contributed by atoms with E-state index in [1.54, 1.807) is 23.1 Å². The molecule has 2 atom stereocenters. The van der Waals surface area contributed by atoms with Crippen molar-refractivity contribution in [1.82, 2.24) is 9.88 Å². The molecule has 0 unspecified atom stereocenters. The number of piperidine rings is 1. The molecule has 1 aromatic heterocycles. The normalized spacial score (nSPS) is 22.7. The van der Waals surface area contributed by atoms with E-state index in [1.807, 2.05) is 18.2 Å². The van der Waals surface area contributed by atoms with E-state index in [1.165, 1.54) is 11.1 Å². The van der Waals surface area contributed by atoms with Gasteiger partial charge in [-0.15, -0.1) is 11.3 Å². The highest BCUT2D eigenvalue weighted by Gasteiger charge is 2.28. The zero-order chi connectivity index (χ0) is 14.8. The summed E-state index contributed by atoms with van der Waals surface area (Å²) in [5, 5.41) is 0. The Morgan fingerprint density at radius 2 is 2.05 bits per heavy atom. The molecule has 5 heteroatoms. The van der Waals surface area contributed by atoms with Crippen molar-refractivity contribution >= 4 is 39.2 Å². The quantitative estimate of drug-likeness (QED) is 0.796. The van der Waals surface area contributed by atoms with Crippen LogP contribution in [0.3, 0.4) is 0 Å². The van der Waals surface area contributed by atoms with Crippen LogP contribution in [0.25, 0.3) is 10.2 Å². The molecule has 0 aliphatic carbocycles. The molecule has 0 radical (unpaired) electrons. The van der Waals surface area contributed by atoms with Crippen molar-refractivity contribution < 1.29 is 4.79 Å². The summed E-state index contributed by atoms with van der Waals surface area (Å²) in [6, 6.07) is 8.87. The molecule has 0 N–H and O–H groups in total. The number of amides is 1. The number of likely N-dealkylation sites (tertiary alicyclic amines) is 1. The van der Waals surface area contributed by atoms with Gasteiger partial charge in [0.05, 0.1) is 16.0 Å². The SMILES string of the molecule is C[C@H]1CCC[C@H](C)N1C(=O)CSc1nc2ccccc2s1. The maximum atomic E-state index is 12.5. The van der Waals surface area contributed by atoms with Gasteiger partial charge < -0.3 is 4.90 Å². The molecule has 1 amide bonds. The van der Waals surface area contributed by atoms with E-state index in [9.17, 15) is 4.79 Å². The lowest BCUT2D eigenvalue weighted by Crippen LogP contribution is -2.48. The average molecular weight is 320 g/mol. The van der Waals surface area contributed by atoms with Gasteiger partial charge in [0.25, 0.3) is 0 Å². The summed E-state index contributed by atoms with van der Waals surface area (Å²) in [7, 11) is 0. The lowest BCUT2D eigenvalue weighted by molar-refractivity contribution is -0.134. The minimum Gasteiger partial charge on any atom is -0.337 e. The second kappa shape index (κ2) is 6.36. The predicted molar refractivity (Wildman–Crippen MR) is 90.0 cm³/mol. The number of aromatic nitrogens is 1. The van der Waals surface area contributed by atoms with Crippen molar-refractivity contribution in [3.05, 3.63) is 24.3 Å². The Morgan fingerprint density at radius 1 is 1.33 bits per heavy atom. The maximum Gasteiger partial charge on any atom is 0.233 e. The third kappa shape index (κ3) is 3.24. The zero-order valence-electron chi connectivity index (χ0n) is 12.4. The smallest absolute Gasteiger partial charge is 0.233 e. The molecular formula is C16H20N2OS2. The second-order valence-corrected chi connectivity index (χ2v) is 7.92. The molecule has 1 saturated heterocycles. The Labute approximate surface area is 133 Å². The first-order chi connectivity index (χ1) is 10.1. The van der Waals surface area contributed by atoms with E-state index in [-0.39, 0.29) is 5.91 Å². The Hall–Kier alpha value is -1.07. The number of thiazole rings is 1. The largest absolute Gasteiger partial charge is 0.337 e. The van der Waals surface area contributed by atoms with Crippen LogP contribution in [0.15, 0.2) is 28.6 Å². The summed E-state index contributed by atoms with van der Waals surface area (Å²) >= 11 is 3.24. The van der Waals surface area contributed by atoms with Crippen LogP contribution in [0, 0.1) is 0 Å². The van der Waals surface area contributed by atoms with Crippen molar-refractivity contribution in [2.75, 3.05) is 5.75 Å². The molecule has 3 rings (SSSR count). The van der Waals surface area contributed by atoms with Gasteiger partial charge in [-0.05, 0) is 45.2 Å². The number of rotatable bonds is 3. The van der Waals surface area contributed by atoms with Crippen molar-refractivity contribution in [2.45, 2.75) is 49.5 Å². The summed E-state index contributed by atoms with van der Waals surface area (Å²) in [6.45, 7) is 4.33. The molecule has 21 heavy (non-hydrogen) atoms. The number of benzene rings is 1. The first-order valence-electron chi connectivity index (χ1n) is 7.44. The molecule has 1 fully saturated rings. The number of thioether (sulfide) groups is 1. The van der Waals surface area contributed by atoms with Crippen molar-refractivity contribution in [3.63, 3.8) is 0 Å². The molecule has 2 heterocycles. The molecular weight excluding hydrogens is 300 g/mol. The molecule has 0 spiro atoms. The Kier molecular flexibility index (Phi) is 4.50. The molecule has 0 saturated carbocycles. The number of carbonyl (C=O) groups is 1. The Bertz CT molecular complexity index is 597. The Morgan fingerprint density at radius 3 is 2.76 bits per heavy atom. The zero-order valence-corrected chi connectivity index (χ0v) is 14.0. The van der Waals surface area contributed by atoms with Crippen molar-refractivity contribution in [2.24, 2.45) is 0 Å². The lowest BCUT2D eigenvalue weighted by atomic mass is 9.98. The fourth-order valence-electron chi connectivity index (χ4n) is 3.02. The molecule has 1 aliphatic rings. The highest BCUT2D eigenvalue weighted by atomic mass is 32.2. The highest BCUT2D eigenvalue weighted by Crippen LogP contribution is 2.30. The summed E-state index contributed by atoms with van der Waals surface area (Å²) < 4.78 is 2.18. The van der Waals surface area contributed by atoms with Crippen LogP contribution >= 0.6 is 23.1 Å². The summed E-state index contributed by atoms with van der Waals surface area (Å²) in [5.41, 5.74) is 1.03. The lowest BCUT2D eigenvalue weighted by Gasteiger charge is -2.39. The third-order valence-electron chi connectivity index (χ3n) is 4.07. The van der Waals surface area contributed by atoms with Gasteiger partial charge in [-0.1, -0.05) is 23.9 Å². The molecule has 1 aromatic carbocycles. The first-order valence-corrected chi connectivity index (χ1v) is 9.25. The van der Waals surface area contributed by atoms with Gasteiger partial charge in [0.15, 0.2) is 4.34 Å². The fourth-order valence-corrected chi connectivity index (χ4v) is 4.96. The molecule has 1 aliphatic heterocycles. The highest BCUT2D eigenvalue weighted by molar-refractivity contribution is 8.01. The Balaban J connectivity index is 1.65. The average Bonchev–Trinajstić information content (AvgIpc) is 2.87. The van der Waals surface area contributed by atoms with Gasteiger partial charge >= 0.3 is 0 Å². The number of nitrogens with zero attached hydrogens (tertiary/aromatic N) is 2. The van der Waals surface area contributed by atoms with Crippen LogP contribution in [-0.4, -0.2) is 33.6 Å². The van der Waals surface area contributed by atoms with E-state index in [2.05, 4.69) is 29.8 Å². The van der Waals surface area contributed by atoms with Gasteiger partial charge in [-0.3, -0.25) is 4.79 Å². The minimum atomic E-state index is 0.249. The first kappa shape index (κ1) is 14.9.